The molecule has 2 rings (SSSR count). The maximum absolute atomic E-state index is 3.52. The van der Waals surface area contributed by atoms with Crippen molar-refractivity contribution in [3.05, 3.63) is 0 Å². The standard InChI is InChI=1S/C11H21N/c1-9-7-11(5-6-12-9)8-10-3-2-4-10/h9-12H,2-8H2,1H3. The van der Waals surface area contributed by atoms with E-state index in [2.05, 4.69) is 12.2 Å². The van der Waals surface area contributed by atoms with Crippen molar-refractivity contribution in [3.63, 3.8) is 0 Å². The van der Waals surface area contributed by atoms with E-state index in [4.69, 9.17) is 0 Å². The van der Waals surface area contributed by atoms with Crippen LogP contribution in [0.2, 0.25) is 0 Å². The maximum Gasteiger partial charge on any atom is 0.00413 e. The Morgan fingerprint density at radius 1 is 1.17 bits per heavy atom. The monoisotopic (exact) mass is 167 g/mol. The first-order valence-corrected chi connectivity index (χ1v) is 5.58. The summed E-state index contributed by atoms with van der Waals surface area (Å²) >= 11 is 0. The smallest absolute Gasteiger partial charge is 0.00413 e. The third-order valence-electron chi connectivity index (χ3n) is 3.62. The topological polar surface area (TPSA) is 12.0 Å². The number of piperidine rings is 1. The van der Waals surface area contributed by atoms with E-state index < -0.39 is 0 Å². The first-order valence-electron chi connectivity index (χ1n) is 5.58. The SMILES string of the molecule is CC1CC(CC2CCC2)CCN1. The van der Waals surface area contributed by atoms with E-state index in [9.17, 15) is 0 Å². The van der Waals surface area contributed by atoms with Crippen LogP contribution in [0.3, 0.4) is 0 Å². The Bertz CT molecular complexity index is 140. The quantitative estimate of drug-likeness (QED) is 0.666. The summed E-state index contributed by atoms with van der Waals surface area (Å²) in [6.07, 6.45) is 8.95. The van der Waals surface area contributed by atoms with Gasteiger partial charge in [0, 0.05) is 6.04 Å². The van der Waals surface area contributed by atoms with Crippen LogP contribution in [0.4, 0.5) is 0 Å². The summed E-state index contributed by atoms with van der Waals surface area (Å²) in [7, 11) is 0. The van der Waals surface area contributed by atoms with Gasteiger partial charge in [-0.15, -0.1) is 0 Å². The number of hydrogen-bond donors (Lipinski definition) is 1. The van der Waals surface area contributed by atoms with Crippen molar-refractivity contribution in [2.45, 2.75) is 51.5 Å². The Hall–Kier alpha value is -0.0400. The molecule has 1 nitrogen and oxygen atoms in total. The molecule has 2 aliphatic rings. The highest BCUT2D eigenvalue weighted by atomic mass is 14.9. The first-order chi connectivity index (χ1) is 5.84. The van der Waals surface area contributed by atoms with Crippen molar-refractivity contribution in [1.29, 1.82) is 0 Å². The third kappa shape index (κ3) is 2.01. The van der Waals surface area contributed by atoms with Crippen LogP contribution in [-0.4, -0.2) is 12.6 Å². The zero-order chi connectivity index (χ0) is 8.39. The van der Waals surface area contributed by atoms with Gasteiger partial charge in [-0.25, -0.2) is 0 Å². The predicted octanol–water partition coefficient (Wildman–Crippen LogP) is 2.56. The van der Waals surface area contributed by atoms with Gasteiger partial charge in [0.2, 0.25) is 0 Å². The van der Waals surface area contributed by atoms with Gasteiger partial charge in [-0.2, -0.15) is 0 Å². The van der Waals surface area contributed by atoms with Crippen molar-refractivity contribution in [3.8, 4) is 0 Å². The molecule has 0 aromatic heterocycles. The summed E-state index contributed by atoms with van der Waals surface area (Å²) in [4.78, 5) is 0. The van der Waals surface area contributed by atoms with Crippen molar-refractivity contribution < 1.29 is 0 Å². The van der Waals surface area contributed by atoms with Crippen LogP contribution in [0.15, 0.2) is 0 Å². The van der Waals surface area contributed by atoms with Gasteiger partial charge in [0.15, 0.2) is 0 Å². The minimum Gasteiger partial charge on any atom is -0.314 e. The first kappa shape index (κ1) is 8.55. The van der Waals surface area contributed by atoms with Crippen molar-refractivity contribution in [2.24, 2.45) is 11.8 Å². The molecule has 1 aliphatic carbocycles. The Balaban J connectivity index is 1.71. The van der Waals surface area contributed by atoms with Gasteiger partial charge in [-0.3, -0.25) is 0 Å². The van der Waals surface area contributed by atoms with Gasteiger partial charge in [0.1, 0.15) is 0 Å². The van der Waals surface area contributed by atoms with Crippen molar-refractivity contribution in [2.75, 3.05) is 6.54 Å². The summed E-state index contributed by atoms with van der Waals surface area (Å²) in [6, 6.07) is 0.781. The molecule has 1 aliphatic heterocycles. The van der Waals surface area contributed by atoms with Crippen LogP contribution in [0.1, 0.15) is 45.4 Å². The zero-order valence-corrected chi connectivity index (χ0v) is 8.18. The molecule has 0 aromatic carbocycles. The van der Waals surface area contributed by atoms with E-state index in [0.717, 1.165) is 17.9 Å². The Morgan fingerprint density at radius 3 is 2.58 bits per heavy atom. The molecule has 1 N–H and O–H groups in total. The van der Waals surface area contributed by atoms with Crippen LogP contribution in [0.5, 0.6) is 0 Å². The van der Waals surface area contributed by atoms with Crippen molar-refractivity contribution in [1.82, 2.24) is 5.32 Å². The summed E-state index contributed by atoms with van der Waals surface area (Å²) in [5, 5.41) is 3.52. The lowest BCUT2D eigenvalue weighted by atomic mass is 9.76. The minimum absolute atomic E-state index is 0.781. The van der Waals surface area contributed by atoms with Gasteiger partial charge in [0.05, 0.1) is 0 Å². The summed E-state index contributed by atoms with van der Waals surface area (Å²) in [6.45, 7) is 3.59. The second kappa shape index (κ2) is 3.78. The Kier molecular flexibility index (Phi) is 2.69. The number of rotatable bonds is 2. The molecule has 1 heterocycles. The summed E-state index contributed by atoms with van der Waals surface area (Å²) < 4.78 is 0. The molecule has 1 heteroatoms. The van der Waals surface area contributed by atoms with Gasteiger partial charge in [0.25, 0.3) is 0 Å². The Morgan fingerprint density at radius 2 is 2.00 bits per heavy atom. The fourth-order valence-electron chi connectivity index (χ4n) is 2.65. The molecule has 0 radical (unpaired) electrons. The van der Waals surface area contributed by atoms with E-state index >= 15 is 0 Å². The van der Waals surface area contributed by atoms with Gasteiger partial charge in [-0.1, -0.05) is 19.3 Å². The van der Waals surface area contributed by atoms with E-state index in [-0.39, 0.29) is 0 Å². The molecular weight excluding hydrogens is 146 g/mol. The highest BCUT2D eigenvalue weighted by Crippen LogP contribution is 2.35. The summed E-state index contributed by atoms with van der Waals surface area (Å²) in [5.74, 6) is 2.16. The fourth-order valence-corrected chi connectivity index (χ4v) is 2.65. The zero-order valence-electron chi connectivity index (χ0n) is 8.18. The fraction of sp³-hybridized carbons (Fsp3) is 1.00. The second-order valence-corrected chi connectivity index (χ2v) is 4.78. The number of hydrogen-bond acceptors (Lipinski definition) is 1. The van der Waals surface area contributed by atoms with E-state index in [1.807, 2.05) is 0 Å². The van der Waals surface area contributed by atoms with E-state index in [1.54, 1.807) is 0 Å². The van der Waals surface area contributed by atoms with Crippen LogP contribution in [0, 0.1) is 11.8 Å². The highest BCUT2D eigenvalue weighted by molar-refractivity contribution is 4.79. The van der Waals surface area contributed by atoms with Crippen LogP contribution >= 0.6 is 0 Å². The molecule has 0 spiro atoms. The van der Waals surface area contributed by atoms with Crippen LogP contribution in [0.25, 0.3) is 0 Å². The molecule has 0 bridgehead atoms. The molecule has 2 fully saturated rings. The lowest BCUT2D eigenvalue weighted by Crippen LogP contribution is -2.36. The lowest BCUT2D eigenvalue weighted by molar-refractivity contribution is 0.205. The third-order valence-corrected chi connectivity index (χ3v) is 3.62. The molecule has 0 amide bonds. The molecule has 70 valence electrons. The average Bonchev–Trinajstić information content (AvgIpc) is 1.97. The highest BCUT2D eigenvalue weighted by Gasteiger charge is 2.24. The molecular formula is C11H21N. The van der Waals surface area contributed by atoms with Gasteiger partial charge in [-0.05, 0) is 44.6 Å². The van der Waals surface area contributed by atoms with E-state index in [0.29, 0.717) is 0 Å². The Labute approximate surface area is 75.9 Å². The predicted molar refractivity (Wildman–Crippen MR) is 52.1 cm³/mol. The molecule has 1 saturated heterocycles. The van der Waals surface area contributed by atoms with Crippen LogP contribution in [-0.2, 0) is 0 Å². The van der Waals surface area contributed by atoms with Crippen molar-refractivity contribution >= 4 is 0 Å². The van der Waals surface area contributed by atoms with Gasteiger partial charge < -0.3 is 5.32 Å². The van der Waals surface area contributed by atoms with E-state index in [1.165, 1.54) is 45.1 Å². The minimum atomic E-state index is 0.781. The molecule has 12 heavy (non-hydrogen) atoms. The molecule has 2 unspecified atom stereocenters. The average molecular weight is 167 g/mol. The molecule has 0 aromatic rings. The lowest BCUT2D eigenvalue weighted by Gasteiger charge is -2.34. The largest absolute Gasteiger partial charge is 0.314 e. The van der Waals surface area contributed by atoms with Crippen LogP contribution < -0.4 is 5.32 Å². The molecule has 2 atom stereocenters. The molecule has 1 saturated carbocycles. The van der Waals surface area contributed by atoms with Gasteiger partial charge >= 0.3 is 0 Å². The summed E-state index contributed by atoms with van der Waals surface area (Å²) in [5.41, 5.74) is 0. The second-order valence-electron chi connectivity index (χ2n) is 4.78. The maximum atomic E-state index is 3.52. The number of nitrogens with one attached hydrogen (secondary N) is 1. The normalized spacial score (nSPS) is 37.8.